The van der Waals surface area contributed by atoms with Gasteiger partial charge in [0.15, 0.2) is 5.75 Å². The Morgan fingerprint density at radius 3 is 2.44 bits per heavy atom. The van der Waals surface area contributed by atoms with E-state index in [4.69, 9.17) is 10.7 Å². The van der Waals surface area contributed by atoms with Gasteiger partial charge in [-0.15, -0.1) is 0 Å². The number of ether oxygens (including phenoxy) is 1. The van der Waals surface area contributed by atoms with Crippen LogP contribution in [0.4, 0.5) is 10.1 Å². The summed E-state index contributed by atoms with van der Waals surface area (Å²) < 4.78 is 39.6. The van der Waals surface area contributed by atoms with Crippen molar-refractivity contribution in [3.8, 4) is 5.75 Å². The molecule has 0 spiro atoms. The predicted octanol–water partition coefficient (Wildman–Crippen LogP) is 1.67. The van der Waals surface area contributed by atoms with Crippen molar-refractivity contribution in [1.82, 2.24) is 0 Å². The summed E-state index contributed by atoms with van der Waals surface area (Å²) in [7, 11) is 1.71. The Balaban J connectivity index is 3.56. The average molecular weight is 270 g/mol. The van der Waals surface area contributed by atoms with Crippen molar-refractivity contribution in [1.29, 1.82) is 0 Å². The highest BCUT2D eigenvalue weighted by Gasteiger charge is 2.24. The molecule has 9 heteroatoms. The Bertz CT molecular complexity index is 544. The third-order valence-corrected chi connectivity index (χ3v) is 3.03. The highest BCUT2D eigenvalue weighted by molar-refractivity contribution is 8.13. The van der Waals surface area contributed by atoms with Crippen LogP contribution in [0, 0.1) is 15.9 Å². The SMILES string of the molecule is COc1cc(S(=O)(=O)Cl)c(F)cc1[N+](=O)[O-]. The van der Waals surface area contributed by atoms with E-state index >= 15 is 0 Å². The maximum Gasteiger partial charge on any atom is 0.313 e. The van der Waals surface area contributed by atoms with Gasteiger partial charge in [0.2, 0.25) is 0 Å². The molecule has 0 amide bonds. The second-order valence-corrected chi connectivity index (χ2v) is 5.18. The maximum atomic E-state index is 13.2. The second-order valence-electron chi connectivity index (χ2n) is 2.65. The van der Waals surface area contributed by atoms with Crippen molar-refractivity contribution in [2.75, 3.05) is 7.11 Å². The maximum absolute atomic E-state index is 13.2. The molecule has 0 atom stereocenters. The van der Waals surface area contributed by atoms with E-state index in [1.54, 1.807) is 0 Å². The summed E-state index contributed by atoms with van der Waals surface area (Å²) in [5, 5.41) is 10.5. The first kappa shape index (κ1) is 12.7. The zero-order valence-electron chi connectivity index (χ0n) is 7.81. The van der Waals surface area contributed by atoms with Crippen LogP contribution in [0.3, 0.4) is 0 Å². The van der Waals surface area contributed by atoms with Crippen LogP contribution >= 0.6 is 10.7 Å². The summed E-state index contributed by atoms with van der Waals surface area (Å²) >= 11 is 0. The Hall–Kier alpha value is -1.41. The molecule has 0 bridgehead atoms. The minimum Gasteiger partial charge on any atom is -0.490 e. The number of hydrogen-bond acceptors (Lipinski definition) is 5. The van der Waals surface area contributed by atoms with E-state index < -0.39 is 30.4 Å². The average Bonchev–Trinajstić information content (AvgIpc) is 2.15. The summed E-state index contributed by atoms with van der Waals surface area (Å²) in [6.45, 7) is 0. The van der Waals surface area contributed by atoms with Gasteiger partial charge in [0.05, 0.1) is 18.1 Å². The van der Waals surface area contributed by atoms with Gasteiger partial charge in [-0.2, -0.15) is 0 Å². The van der Waals surface area contributed by atoms with Gasteiger partial charge in [-0.1, -0.05) is 0 Å². The fourth-order valence-electron chi connectivity index (χ4n) is 1.02. The standard InChI is InChI=1S/C7H5ClFNO5S/c1-15-6-3-7(16(8,13)14)4(9)2-5(6)10(11)12/h2-3H,1H3. The zero-order valence-corrected chi connectivity index (χ0v) is 9.38. The Morgan fingerprint density at radius 2 is 2.06 bits per heavy atom. The number of nitro benzene ring substituents is 1. The number of halogens is 2. The largest absolute Gasteiger partial charge is 0.490 e. The van der Waals surface area contributed by atoms with Crippen LogP contribution < -0.4 is 4.74 Å². The van der Waals surface area contributed by atoms with Crippen LogP contribution in [-0.2, 0) is 9.05 Å². The van der Waals surface area contributed by atoms with Crippen molar-refractivity contribution in [3.05, 3.63) is 28.1 Å². The third kappa shape index (κ3) is 2.39. The minimum absolute atomic E-state index is 0.384. The molecule has 0 aliphatic rings. The lowest BCUT2D eigenvalue weighted by atomic mass is 10.3. The molecule has 16 heavy (non-hydrogen) atoms. The van der Waals surface area contributed by atoms with E-state index in [9.17, 15) is 22.9 Å². The van der Waals surface area contributed by atoms with Crippen molar-refractivity contribution in [2.45, 2.75) is 4.90 Å². The fourth-order valence-corrected chi connectivity index (χ4v) is 1.91. The molecule has 1 aromatic carbocycles. The van der Waals surface area contributed by atoms with E-state index in [2.05, 4.69) is 4.74 Å². The van der Waals surface area contributed by atoms with Gasteiger partial charge in [-0.25, -0.2) is 12.8 Å². The molecule has 1 rings (SSSR count). The molecule has 0 N–H and O–H groups in total. The quantitative estimate of drug-likeness (QED) is 0.473. The van der Waals surface area contributed by atoms with Gasteiger partial charge >= 0.3 is 5.69 Å². The van der Waals surface area contributed by atoms with Gasteiger partial charge in [0, 0.05) is 16.7 Å². The molecule has 0 fully saturated rings. The molecule has 0 unspecified atom stereocenters. The Kier molecular flexibility index (Phi) is 3.34. The molecule has 0 saturated carbocycles. The van der Waals surface area contributed by atoms with Gasteiger partial charge < -0.3 is 4.74 Å². The first-order valence-corrected chi connectivity index (χ1v) is 6.05. The van der Waals surface area contributed by atoms with Gasteiger partial charge in [0.25, 0.3) is 9.05 Å². The lowest BCUT2D eigenvalue weighted by Crippen LogP contribution is -2.00. The zero-order chi connectivity index (χ0) is 12.5. The molecule has 88 valence electrons. The summed E-state index contributed by atoms with van der Waals surface area (Å²) in [6, 6.07) is 1.10. The predicted molar refractivity (Wildman–Crippen MR) is 52.6 cm³/mol. The van der Waals surface area contributed by atoms with E-state index in [0.29, 0.717) is 12.1 Å². The fraction of sp³-hybridized carbons (Fsp3) is 0.143. The van der Waals surface area contributed by atoms with Crippen molar-refractivity contribution in [3.63, 3.8) is 0 Å². The normalized spacial score (nSPS) is 11.2. The lowest BCUT2D eigenvalue weighted by Gasteiger charge is -2.04. The van der Waals surface area contributed by atoms with Crippen LogP contribution in [0.5, 0.6) is 5.75 Å². The van der Waals surface area contributed by atoms with Crippen molar-refractivity contribution < 1.29 is 22.5 Å². The molecule has 0 aromatic heterocycles. The minimum atomic E-state index is -4.31. The number of rotatable bonds is 3. The molecule has 0 radical (unpaired) electrons. The number of methoxy groups -OCH3 is 1. The van der Waals surface area contributed by atoms with E-state index in [1.165, 1.54) is 0 Å². The topological polar surface area (TPSA) is 86.5 Å². The molecular weight excluding hydrogens is 265 g/mol. The van der Waals surface area contributed by atoms with Gasteiger partial charge in [-0.3, -0.25) is 10.1 Å². The van der Waals surface area contributed by atoms with Crippen LogP contribution in [0.1, 0.15) is 0 Å². The smallest absolute Gasteiger partial charge is 0.313 e. The molecule has 0 aliphatic heterocycles. The summed E-state index contributed by atoms with van der Waals surface area (Å²) in [5.41, 5.74) is -0.677. The van der Waals surface area contributed by atoms with Gasteiger partial charge in [0.1, 0.15) is 10.7 Å². The number of nitro groups is 1. The highest BCUT2D eigenvalue weighted by Crippen LogP contribution is 2.32. The van der Waals surface area contributed by atoms with Crippen LogP contribution in [0.2, 0.25) is 0 Å². The van der Waals surface area contributed by atoms with E-state index in [-0.39, 0.29) is 5.75 Å². The molecule has 0 heterocycles. The second kappa shape index (κ2) is 4.22. The van der Waals surface area contributed by atoms with E-state index in [1.807, 2.05) is 0 Å². The van der Waals surface area contributed by atoms with Crippen LogP contribution in [-0.4, -0.2) is 20.5 Å². The molecular formula is C7H5ClFNO5S. The van der Waals surface area contributed by atoms with Gasteiger partial charge in [-0.05, 0) is 0 Å². The number of nitrogens with zero attached hydrogens (tertiary/aromatic N) is 1. The molecule has 6 nitrogen and oxygen atoms in total. The van der Waals surface area contributed by atoms with Crippen molar-refractivity contribution >= 4 is 25.4 Å². The Morgan fingerprint density at radius 1 is 1.50 bits per heavy atom. The molecule has 0 saturated heterocycles. The highest BCUT2D eigenvalue weighted by atomic mass is 35.7. The number of hydrogen-bond donors (Lipinski definition) is 0. The number of benzene rings is 1. The Labute approximate surface area is 94.2 Å². The first-order chi connectivity index (χ1) is 7.27. The van der Waals surface area contributed by atoms with Crippen molar-refractivity contribution in [2.24, 2.45) is 0 Å². The molecule has 1 aromatic rings. The first-order valence-electron chi connectivity index (χ1n) is 3.74. The lowest BCUT2D eigenvalue weighted by molar-refractivity contribution is -0.386. The summed E-state index contributed by atoms with van der Waals surface area (Å²) in [6.07, 6.45) is 0. The van der Waals surface area contributed by atoms with Crippen LogP contribution in [0.25, 0.3) is 0 Å². The summed E-state index contributed by atoms with van der Waals surface area (Å²) in [5.74, 6) is -1.69. The third-order valence-electron chi connectivity index (χ3n) is 1.69. The van der Waals surface area contributed by atoms with Crippen LogP contribution in [0.15, 0.2) is 17.0 Å². The summed E-state index contributed by atoms with van der Waals surface area (Å²) in [4.78, 5) is 8.71. The van der Waals surface area contributed by atoms with E-state index in [0.717, 1.165) is 7.11 Å². The molecule has 0 aliphatic carbocycles. The monoisotopic (exact) mass is 269 g/mol.